The van der Waals surface area contributed by atoms with E-state index in [0.29, 0.717) is 0 Å². The number of imidazole rings is 1. The molecule has 0 unspecified atom stereocenters. The zero-order valence-electron chi connectivity index (χ0n) is 21.9. The quantitative estimate of drug-likeness (QED) is 0.204. The standard InChI is InChI=1S/C36H21N5/c1-2-7-22(8-3-1)40-34-25(11-10-24-23-9-5-4-6-21(23)18-28(24)34)26-12-13-27-33(35(26)40)29-19-37-16-14-31(29)41-32-15-17-38-20-30(32)39-36(27)41/h1-17,19-20H,18H2. The second kappa shape index (κ2) is 7.55. The molecule has 0 atom stereocenters. The highest BCUT2D eigenvalue weighted by atomic mass is 15.0. The summed E-state index contributed by atoms with van der Waals surface area (Å²) in [4.78, 5) is 14.1. The second-order valence-electron chi connectivity index (χ2n) is 10.9. The Morgan fingerprint density at radius 1 is 0.585 bits per heavy atom. The van der Waals surface area contributed by atoms with Crippen molar-refractivity contribution in [3.05, 3.63) is 127 Å². The normalized spacial score (nSPS) is 12.8. The first-order valence-corrected chi connectivity index (χ1v) is 13.9. The minimum Gasteiger partial charge on any atom is -0.308 e. The summed E-state index contributed by atoms with van der Waals surface area (Å²) in [6.07, 6.45) is 8.49. The van der Waals surface area contributed by atoms with Gasteiger partial charge >= 0.3 is 0 Å². The SMILES string of the molecule is c1ccc(-n2c3c4c(ccc3c3ccc5c(c6cnccc6n6c7ccncc7nc56)c32)-c2ccccc2C4)cc1. The van der Waals surface area contributed by atoms with Crippen molar-refractivity contribution >= 4 is 60.2 Å². The fourth-order valence-corrected chi connectivity index (χ4v) is 7.25. The second-order valence-corrected chi connectivity index (χ2v) is 10.9. The summed E-state index contributed by atoms with van der Waals surface area (Å²) in [7, 11) is 0. The van der Waals surface area contributed by atoms with E-state index in [1.807, 2.05) is 30.9 Å². The highest BCUT2D eigenvalue weighted by Gasteiger charge is 2.26. The predicted octanol–water partition coefficient (Wildman–Crippen LogP) is 8.25. The van der Waals surface area contributed by atoms with Crippen LogP contribution in [-0.4, -0.2) is 23.9 Å². The van der Waals surface area contributed by atoms with E-state index in [-0.39, 0.29) is 0 Å². The van der Waals surface area contributed by atoms with Gasteiger partial charge in [-0.3, -0.25) is 14.4 Å². The first kappa shape index (κ1) is 21.3. The number of aromatic nitrogens is 5. The Kier molecular flexibility index (Phi) is 3.92. The van der Waals surface area contributed by atoms with Crippen molar-refractivity contribution < 1.29 is 0 Å². The van der Waals surface area contributed by atoms with Crippen LogP contribution in [0.2, 0.25) is 0 Å². The highest BCUT2D eigenvalue weighted by Crippen LogP contribution is 2.46. The summed E-state index contributed by atoms with van der Waals surface area (Å²) in [5.74, 6) is 0. The van der Waals surface area contributed by atoms with E-state index in [0.717, 1.165) is 45.1 Å². The van der Waals surface area contributed by atoms with Crippen LogP contribution in [0.25, 0.3) is 77.0 Å². The summed E-state index contributed by atoms with van der Waals surface area (Å²) < 4.78 is 4.75. The smallest absolute Gasteiger partial charge is 0.146 e. The fourth-order valence-electron chi connectivity index (χ4n) is 7.25. The van der Waals surface area contributed by atoms with Crippen LogP contribution < -0.4 is 0 Å². The van der Waals surface area contributed by atoms with E-state index in [1.165, 1.54) is 49.4 Å². The molecule has 10 rings (SSSR count). The van der Waals surface area contributed by atoms with Crippen molar-refractivity contribution in [3.63, 3.8) is 0 Å². The van der Waals surface area contributed by atoms with Crippen molar-refractivity contribution in [1.29, 1.82) is 0 Å². The molecule has 9 aromatic rings. The maximum absolute atomic E-state index is 5.11. The van der Waals surface area contributed by atoms with Gasteiger partial charge in [0.15, 0.2) is 0 Å². The molecule has 5 nitrogen and oxygen atoms in total. The van der Waals surface area contributed by atoms with Crippen molar-refractivity contribution in [2.45, 2.75) is 6.42 Å². The lowest BCUT2D eigenvalue weighted by molar-refractivity contribution is 1.16. The molecule has 41 heavy (non-hydrogen) atoms. The van der Waals surface area contributed by atoms with Gasteiger partial charge in [-0.05, 0) is 52.6 Å². The van der Waals surface area contributed by atoms with Crippen molar-refractivity contribution in [3.8, 4) is 16.8 Å². The lowest BCUT2D eigenvalue weighted by Gasteiger charge is -2.14. The van der Waals surface area contributed by atoms with Gasteiger partial charge in [0.05, 0.1) is 28.3 Å². The van der Waals surface area contributed by atoms with E-state index in [9.17, 15) is 0 Å². The maximum atomic E-state index is 5.11. The van der Waals surface area contributed by atoms with Crippen LogP contribution in [0.15, 0.2) is 116 Å². The van der Waals surface area contributed by atoms with Crippen LogP contribution in [0.1, 0.15) is 11.1 Å². The van der Waals surface area contributed by atoms with Crippen molar-refractivity contribution in [2.24, 2.45) is 0 Å². The Morgan fingerprint density at radius 2 is 1.34 bits per heavy atom. The van der Waals surface area contributed by atoms with Crippen LogP contribution in [0, 0.1) is 0 Å². The molecular weight excluding hydrogens is 502 g/mol. The number of rotatable bonds is 1. The number of hydrogen-bond acceptors (Lipinski definition) is 3. The fraction of sp³-hybridized carbons (Fsp3) is 0.0278. The molecule has 5 aromatic heterocycles. The Morgan fingerprint density at radius 3 is 2.27 bits per heavy atom. The van der Waals surface area contributed by atoms with E-state index >= 15 is 0 Å². The van der Waals surface area contributed by atoms with E-state index in [2.05, 4.69) is 104 Å². The van der Waals surface area contributed by atoms with Gasteiger partial charge < -0.3 is 4.57 Å². The average Bonchev–Trinajstić information content (AvgIpc) is 3.71. The predicted molar refractivity (Wildman–Crippen MR) is 166 cm³/mol. The largest absolute Gasteiger partial charge is 0.308 e. The summed E-state index contributed by atoms with van der Waals surface area (Å²) in [5, 5.41) is 5.89. The van der Waals surface area contributed by atoms with Gasteiger partial charge in [-0.1, -0.05) is 60.7 Å². The van der Waals surface area contributed by atoms with Gasteiger partial charge in [-0.15, -0.1) is 0 Å². The van der Waals surface area contributed by atoms with Crippen LogP contribution in [-0.2, 0) is 6.42 Å². The minimum atomic E-state index is 0.886. The first-order valence-electron chi connectivity index (χ1n) is 13.9. The molecule has 0 N–H and O–H groups in total. The maximum Gasteiger partial charge on any atom is 0.146 e. The summed E-state index contributed by atoms with van der Waals surface area (Å²) in [6, 6.07) is 32.9. The zero-order valence-corrected chi connectivity index (χ0v) is 21.9. The molecular formula is C36H21N5. The van der Waals surface area contributed by atoms with Gasteiger partial charge in [-0.2, -0.15) is 0 Å². The third-order valence-corrected chi connectivity index (χ3v) is 8.89. The molecule has 0 amide bonds. The topological polar surface area (TPSA) is 48.0 Å². The Balaban J connectivity index is 1.49. The number of benzene rings is 4. The molecule has 0 spiro atoms. The van der Waals surface area contributed by atoms with Crippen molar-refractivity contribution in [2.75, 3.05) is 0 Å². The molecule has 190 valence electrons. The number of para-hydroxylation sites is 1. The van der Waals surface area contributed by atoms with Gasteiger partial charge in [0.25, 0.3) is 0 Å². The molecule has 1 aliphatic carbocycles. The number of hydrogen-bond donors (Lipinski definition) is 0. The molecule has 4 aromatic carbocycles. The summed E-state index contributed by atoms with van der Waals surface area (Å²) >= 11 is 0. The number of nitrogens with zero attached hydrogens (tertiary/aromatic N) is 5. The van der Waals surface area contributed by atoms with Crippen LogP contribution in [0.4, 0.5) is 0 Å². The molecule has 5 heterocycles. The van der Waals surface area contributed by atoms with Gasteiger partial charge in [0.1, 0.15) is 11.2 Å². The lowest BCUT2D eigenvalue weighted by Crippen LogP contribution is -1.98. The third kappa shape index (κ3) is 2.63. The number of fused-ring (bicyclic) bond motifs is 16. The van der Waals surface area contributed by atoms with Crippen LogP contribution in [0.5, 0.6) is 0 Å². The summed E-state index contributed by atoms with van der Waals surface area (Å²) in [5.41, 5.74) is 13.0. The van der Waals surface area contributed by atoms with Crippen molar-refractivity contribution in [1.82, 2.24) is 23.9 Å². The van der Waals surface area contributed by atoms with E-state index < -0.39 is 0 Å². The minimum absolute atomic E-state index is 0.886. The molecule has 0 radical (unpaired) electrons. The Hall–Kier alpha value is -5.55. The molecule has 1 aliphatic rings. The van der Waals surface area contributed by atoms with Gasteiger partial charge in [-0.25, -0.2) is 4.98 Å². The van der Waals surface area contributed by atoms with E-state index in [1.54, 1.807) is 0 Å². The third-order valence-electron chi connectivity index (χ3n) is 8.89. The zero-order chi connectivity index (χ0) is 26.7. The molecule has 0 bridgehead atoms. The van der Waals surface area contributed by atoms with Gasteiger partial charge in [0.2, 0.25) is 0 Å². The van der Waals surface area contributed by atoms with E-state index in [4.69, 9.17) is 4.98 Å². The highest BCUT2D eigenvalue weighted by molar-refractivity contribution is 6.28. The Bertz CT molecular complexity index is 2550. The average molecular weight is 524 g/mol. The molecule has 0 aliphatic heterocycles. The molecule has 0 saturated carbocycles. The van der Waals surface area contributed by atoms with Crippen LogP contribution >= 0.6 is 0 Å². The van der Waals surface area contributed by atoms with Crippen LogP contribution in [0.3, 0.4) is 0 Å². The Labute approximate surface area is 234 Å². The van der Waals surface area contributed by atoms with Gasteiger partial charge in [0, 0.05) is 57.6 Å². The molecule has 5 heteroatoms. The first-order chi connectivity index (χ1) is 20.4. The molecule has 0 saturated heterocycles. The molecule has 0 fully saturated rings. The summed E-state index contributed by atoms with van der Waals surface area (Å²) in [6.45, 7) is 0. The monoisotopic (exact) mass is 523 g/mol. The number of pyridine rings is 3. The lowest BCUT2D eigenvalue weighted by atomic mass is 10.0.